The van der Waals surface area contributed by atoms with E-state index in [2.05, 4.69) is 32.2 Å². The van der Waals surface area contributed by atoms with Crippen molar-refractivity contribution >= 4 is 40.7 Å². The van der Waals surface area contributed by atoms with Gasteiger partial charge in [0, 0.05) is 25.3 Å². The number of hydrogen-bond donors (Lipinski definition) is 5. The maximum absolute atomic E-state index is 14.3. The lowest BCUT2D eigenvalue weighted by atomic mass is 9.96. The molecule has 4 aromatic rings. The summed E-state index contributed by atoms with van der Waals surface area (Å²) < 4.78 is 125. The van der Waals surface area contributed by atoms with Gasteiger partial charge in [-0.05, 0) is 42.7 Å². The topological polar surface area (TPSA) is 196 Å². The van der Waals surface area contributed by atoms with Crippen LogP contribution in [0, 0.1) is 17.6 Å². The Hall–Kier alpha value is -5.81. The third-order valence-corrected chi connectivity index (χ3v) is 6.41. The third kappa shape index (κ3) is 13.0. The van der Waals surface area contributed by atoms with Gasteiger partial charge in [0.15, 0.2) is 0 Å². The summed E-state index contributed by atoms with van der Waals surface area (Å²) in [6.07, 6.45) is -9.14. The lowest BCUT2D eigenvalue weighted by Gasteiger charge is -2.37. The van der Waals surface area contributed by atoms with Crippen molar-refractivity contribution in [3.63, 3.8) is 0 Å². The molecule has 6 N–H and O–H groups in total. The smallest absolute Gasteiger partial charge is 0.475 e. The first kappa shape index (κ1) is 43.4. The molecule has 0 unspecified atom stereocenters. The number of benzene rings is 1. The molecule has 1 aromatic carbocycles. The number of carbonyl (C=O) groups is 3. The molecule has 0 aliphatic carbocycles. The van der Waals surface area contributed by atoms with Crippen LogP contribution in [-0.4, -0.2) is 90.5 Å². The van der Waals surface area contributed by atoms with Crippen LogP contribution in [0.3, 0.4) is 0 Å². The Balaban J connectivity index is 0.000000379. The molecule has 0 spiro atoms. The van der Waals surface area contributed by atoms with Crippen molar-refractivity contribution in [1.82, 2.24) is 19.6 Å². The van der Waals surface area contributed by atoms with Gasteiger partial charge in [0.2, 0.25) is 5.95 Å². The first-order chi connectivity index (χ1) is 24.3. The number of carboxylic acids is 3. The number of piperidine rings is 1. The van der Waals surface area contributed by atoms with Crippen LogP contribution in [0.15, 0.2) is 55.0 Å². The van der Waals surface area contributed by atoms with E-state index in [9.17, 15) is 48.3 Å². The fraction of sp³-hybridized carbons (Fsp3) is 0.310. The normalized spacial score (nSPS) is 15.8. The maximum atomic E-state index is 14.3. The number of carboxylic acid groups (broad SMARTS) is 3. The highest BCUT2D eigenvalue weighted by molar-refractivity contribution is 5.75. The number of anilines is 3. The molecular formula is C29H26F11N7O6. The van der Waals surface area contributed by atoms with Crippen LogP contribution in [0.5, 0.6) is 0 Å². The quantitative estimate of drug-likeness (QED) is 0.155. The number of hydrogen-bond acceptors (Lipinski definition) is 9. The zero-order chi connectivity index (χ0) is 40.5. The zero-order valence-corrected chi connectivity index (χ0v) is 26.5. The molecule has 3 aromatic heterocycles. The molecule has 53 heavy (non-hydrogen) atoms. The van der Waals surface area contributed by atoms with Crippen molar-refractivity contribution in [2.45, 2.75) is 37.9 Å². The van der Waals surface area contributed by atoms with Gasteiger partial charge in [-0.15, -0.1) is 0 Å². The number of rotatable bonds is 4. The molecule has 1 aliphatic rings. The summed E-state index contributed by atoms with van der Waals surface area (Å²) in [4.78, 5) is 37.6. The van der Waals surface area contributed by atoms with Gasteiger partial charge in [-0.3, -0.25) is 4.98 Å². The summed E-state index contributed by atoms with van der Waals surface area (Å²) in [5, 5.41) is 29.1. The molecule has 1 saturated heterocycles. The Kier molecular flexibility index (Phi) is 14.4. The number of nitrogens with zero attached hydrogens (tertiary/aromatic N) is 5. The van der Waals surface area contributed by atoms with Gasteiger partial charge in [-0.1, -0.05) is 13.0 Å². The number of fused-ring (bicyclic) bond motifs is 1. The second-order valence-corrected chi connectivity index (χ2v) is 10.7. The molecule has 0 saturated carbocycles. The summed E-state index contributed by atoms with van der Waals surface area (Å²) in [5.74, 6) is -8.71. The number of aliphatic carboxylic acids is 3. The fourth-order valence-corrected chi connectivity index (χ4v) is 4.32. The number of aromatic nitrogens is 4. The van der Waals surface area contributed by atoms with E-state index in [0.717, 1.165) is 30.9 Å². The van der Waals surface area contributed by atoms with Gasteiger partial charge in [0.1, 0.15) is 11.6 Å². The maximum Gasteiger partial charge on any atom is 0.490 e. The Morgan fingerprint density at radius 2 is 1.32 bits per heavy atom. The number of imidazole rings is 1. The van der Waals surface area contributed by atoms with Crippen molar-refractivity contribution in [3.05, 3.63) is 66.6 Å². The summed E-state index contributed by atoms with van der Waals surface area (Å²) in [6.45, 7) is 3.83. The third-order valence-electron chi connectivity index (χ3n) is 6.41. The first-order valence-corrected chi connectivity index (χ1v) is 14.2. The lowest BCUT2D eigenvalue weighted by Crippen LogP contribution is -2.46. The lowest BCUT2D eigenvalue weighted by molar-refractivity contribution is -0.193. The minimum absolute atomic E-state index is 0.104. The van der Waals surface area contributed by atoms with Crippen molar-refractivity contribution in [3.8, 4) is 11.3 Å². The molecule has 0 amide bonds. The van der Waals surface area contributed by atoms with Crippen molar-refractivity contribution < 1.29 is 78.0 Å². The van der Waals surface area contributed by atoms with Crippen LogP contribution >= 0.6 is 0 Å². The SMILES string of the molecule is C[C@H]1C[C@@H](N)CN(c2ccncc2Nc2ncc3ccc(-c4c(F)cccc4F)nn23)C1.O=C(O)C(F)(F)F.O=C(O)C(F)(F)F.O=C(O)C(F)(F)F. The summed E-state index contributed by atoms with van der Waals surface area (Å²) in [7, 11) is 0. The number of alkyl halides is 9. The van der Waals surface area contributed by atoms with Crippen molar-refractivity contribution in [1.29, 1.82) is 0 Å². The monoisotopic (exact) mass is 777 g/mol. The minimum Gasteiger partial charge on any atom is -0.475 e. The van der Waals surface area contributed by atoms with E-state index in [-0.39, 0.29) is 17.3 Å². The van der Waals surface area contributed by atoms with E-state index in [0.29, 0.717) is 17.4 Å². The average Bonchev–Trinajstić information content (AvgIpc) is 3.42. The second kappa shape index (κ2) is 17.6. The molecule has 290 valence electrons. The van der Waals surface area contributed by atoms with E-state index in [1.54, 1.807) is 30.7 Å². The van der Waals surface area contributed by atoms with Gasteiger partial charge in [0.25, 0.3) is 0 Å². The molecule has 1 aliphatic heterocycles. The largest absolute Gasteiger partial charge is 0.490 e. The second-order valence-electron chi connectivity index (χ2n) is 10.7. The Morgan fingerprint density at radius 1 is 0.811 bits per heavy atom. The van der Waals surface area contributed by atoms with Crippen LogP contribution < -0.4 is 16.0 Å². The molecular weight excluding hydrogens is 751 g/mol. The number of nitrogens with one attached hydrogen (secondary N) is 1. The molecule has 4 heterocycles. The van der Waals surface area contributed by atoms with E-state index in [1.807, 2.05) is 6.07 Å². The highest BCUT2D eigenvalue weighted by atomic mass is 19.4. The molecule has 0 bridgehead atoms. The van der Waals surface area contributed by atoms with Crippen LogP contribution in [0.25, 0.3) is 16.8 Å². The van der Waals surface area contributed by atoms with Crippen LogP contribution in [-0.2, 0) is 14.4 Å². The highest BCUT2D eigenvalue weighted by Gasteiger charge is 2.39. The van der Waals surface area contributed by atoms with Crippen LogP contribution in [0.1, 0.15) is 13.3 Å². The number of halogens is 11. The molecule has 1 fully saturated rings. The van der Waals surface area contributed by atoms with Gasteiger partial charge in [-0.2, -0.15) is 49.1 Å². The molecule has 5 rings (SSSR count). The van der Waals surface area contributed by atoms with Crippen molar-refractivity contribution in [2.24, 2.45) is 11.7 Å². The highest BCUT2D eigenvalue weighted by Crippen LogP contribution is 2.31. The van der Waals surface area contributed by atoms with E-state index in [4.69, 9.17) is 35.4 Å². The Labute approximate surface area is 289 Å². The molecule has 0 radical (unpaired) electrons. The van der Waals surface area contributed by atoms with Gasteiger partial charge < -0.3 is 31.3 Å². The molecule has 13 nitrogen and oxygen atoms in total. The first-order valence-electron chi connectivity index (χ1n) is 14.2. The predicted molar refractivity (Wildman–Crippen MR) is 161 cm³/mol. The average molecular weight is 778 g/mol. The van der Waals surface area contributed by atoms with E-state index >= 15 is 0 Å². The predicted octanol–water partition coefficient (Wildman–Crippen LogP) is 5.89. The van der Waals surface area contributed by atoms with Gasteiger partial charge >= 0.3 is 36.4 Å². The molecule has 2 atom stereocenters. The van der Waals surface area contributed by atoms with Crippen LogP contribution in [0.4, 0.5) is 65.6 Å². The summed E-state index contributed by atoms with van der Waals surface area (Å²) in [6, 6.07) is 9.10. The Morgan fingerprint density at radius 3 is 1.79 bits per heavy atom. The zero-order valence-electron chi connectivity index (χ0n) is 26.5. The number of pyridine rings is 1. The van der Waals surface area contributed by atoms with E-state index < -0.39 is 48.1 Å². The van der Waals surface area contributed by atoms with E-state index in [1.165, 1.54) is 22.7 Å². The molecule has 24 heteroatoms. The summed E-state index contributed by atoms with van der Waals surface area (Å²) in [5.41, 5.74) is 8.66. The van der Waals surface area contributed by atoms with Gasteiger partial charge in [-0.25, -0.2) is 28.1 Å². The Bertz CT molecular complexity index is 1800. The van der Waals surface area contributed by atoms with Gasteiger partial charge in [0.05, 0.1) is 40.5 Å². The van der Waals surface area contributed by atoms with Crippen LogP contribution in [0.2, 0.25) is 0 Å². The number of nitrogens with two attached hydrogens (primary N) is 1. The minimum atomic E-state index is -5.08. The summed E-state index contributed by atoms with van der Waals surface area (Å²) >= 11 is 0. The fourth-order valence-electron chi connectivity index (χ4n) is 4.32. The van der Waals surface area contributed by atoms with Crippen molar-refractivity contribution in [2.75, 3.05) is 23.3 Å². The standard InChI is InChI=1S/C23H23F2N7.3C2HF3O2/c1-14-9-15(26)13-31(12-14)21-7-8-27-11-20(21)29-23-28-10-16-5-6-19(30-32(16)23)22-17(24)3-2-4-18(22)25;3*3-2(4,5)1(6)7/h2-8,10-11,14-15H,9,12-13,26H2,1H3,(H,28,29);3*(H,6,7)/t14-,15+;;;/m0.../s1.